The van der Waals surface area contributed by atoms with Crippen molar-refractivity contribution in [2.45, 2.75) is 74.1 Å². The van der Waals surface area contributed by atoms with Gasteiger partial charge >= 0.3 is 6.09 Å². The van der Waals surface area contributed by atoms with Gasteiger partial charge in [-0.3, -0.25) is 0 Å². The maximum atomic E-state index is 13.7. The van der Waals surface area contributed by atoms with Gasteiger partial charge in [0, 0.05) is 23.7 Å². The second-order valence-electron chi connectivity index (χ2n) is 8.14. The van der Waals surface area contributed by atoms with Gasteiger partial charge in [0.2, 0.25) is 5.89 Å². The average Bonchev–Trinajstić information content (AvgIpc) is 3.39. The van der Waals surface area contributed by atoms with Crippen LogP contribution in [0.4, 0.5) is 9.18 Å². The number of alkyl carbamates (subject to hydrolysis) is 1. The number of fused-ring (bicyclic) bond motifs is 2. The molecule has 2 aromatic heterocycles. The Morgan fingerprint density at radius 2 is 1.82 bits per heavy atom. The molecule has 0 fully saturated rings. The third-order valence-corrected chi connectivity index (χ3v) is 4.71. The van der Waals surface area contributed by atoms with E-state index in [2.05, 4.69) is 10.3 Å². The summed E-state index contributed by atoms with van der Waals surface area (Å²) in [6, 6.07) is 10.6. The average molecular weight is 470 g/mol. The molecule has 4 aromatic rings. The van der Waals surface area contributed by atoms with E-state index in [0.717, 1.165) is 28.6 Å². The number of rotatable bonds is 4. The van der Waals surface area contributed by atoms with Gasteiger partial charge in [-0.05, 0) is 63.6 Å². The van der Waals surface area contributed by atoms with Crippen LogP contribution in [0.2, 0.25) is 0 Å². The Balaban J connectivity index is 0.000000970. The molecule has 0 aliphatic rings. The van der Waals surface area contributed by atoms with Gasteiger partial charge in [-0.2, -0.15) is 0 Å². The van der Waals surface area contributed by atoms with Gasteiger partial charge in [-0.1, -0.05) is 33.8 Å². The molecule has 0 saturated carbocycles. The van der Waals surface area contributed by atoms with Gasteiger partial charge in [-0.25, -0.2) is 14.2 Å². The van der Waals surface area contributed by atoms with Crippen molar-refractivity contribution >= 4 is 28.1 Å². The molecule has 0 aliphatic carbocycles. The van der Waals surface area contributed by atoms with Crippen molar-refractivity contribution in [3.8, 4) is 11.1 Å². The zero-order chi connectivity index (χ0) is 25.5. The van der Waals surface area contributed by atoms with Crippen LogP contribution in [0.15, 0.2) is 47.0 Å². The first-order valence-electron chi connectivity index (χ1n) is 11.9. The summed E-state index contributed by atoms with van der Waals surface area (Å²) >= 11 is 0. The molecule has 0 atom stereocenters. The van der Waals surface area contributed by atoms with E-state index in [1.165, 1.54) is 6.07 Å². The van der Waals surface area contributed by atoms with Crippen LogP contribution in [0.1, 0.15) is 61.3 Å². The molecule has 1 amide bonds. The number of nitrogens with zero attached hydrogens (tertiary/aromatic N) is 2. The zero-order valence-corrected chi connectivity index (χ0v) is 21.5. The Bertz CT molecular complexity index is 1240. The monoisotopic (exact) mass is 469 g/mol. The number of aryl methyl sites for hydroxylation is 1. The molecule has 184 valence electrons. The van der Waals surface area contributed by atoms with Crippen molar-refractivity contribution in [2.24, 2.45) is 0 Å². The lowest BCUT2D eigenvalue weighted by Crippen LogP contribution is -2.32. The fraction of sp³-hybridized carbons (Fsp3) is 0.407. The van der Waals surface area contributed by atoms with Crippen molar-refractivity contribution in [2.75, 3.05) is 0 Å². The number of amides is 1. The van der Waals surface area contributed by atoms with Crippen molar-refractivity contribution in [3.05, 3.63) is 54.3 Å². The highest BCUT2D eigenvalue weighted by Gasteiger charge is 2.17. The fourth-order valence-corrected chi connectivity index (χ4v) is 3.43. The number of hydrogen-bond donors (Lipinski definition) is 1. The van der Waals surface area contributed by atoms with Gasteiger partial charge in [0.05, 0.1) is 12.1 Å². The van der Waals surface area contributed by atoms with Crippen LogP contribution >= 0.6 is 0 Å². The van der Waals surface area contributed by atoms with Crippen LogP contribution in [0.3, 0.4) is 0 Å². The normalized spacial score (nSPS) is 10.9. The number of oxazole rings is 1. The summed E-state index contributed by atoms with van der Waals surface area (Å²) in [7, 11) is 0. The van der Waals surface area contributed by atoms with Crippen LogP contribution in [0, 0.1) is 5.82 Å². The number of carbonyl (C=O) groups is 1. The predicted molar refractivity (Wildman–Crippen MR) is 136 cm³/mol. The van der Waals surface area contributed by atoms with Gasteiger partial charge in [0.1, 0.15) is 16.9 Å². The van der Waals surface area contributed by atoms with E-state index >= 15 is 0 Å². The molecule has 0 bridgehead atoms. The van der Waals surface area contributed by atoms with Crippen LogP contribution in [-0.4, -0.2) is 21.2 Å². The van der Waals surface area contributed by atoms with E-state index in [4.69, 9.17) is 9.15 Å². The lowest BCUT2D eigenvalue weighted by molar-refractivity contribution is 0.0519. The minimum atomic E-state index is -0.569. The number of ether oxygens (including phenoxy) is 1. The van der Waals surface area contributed by atoms with Crippen LogP contribution in [-0.2, 0) is 17.8 Å². The first-order chi connectivity index (χ1) is 16.2. The van der Waals surface area contributed by atoms with Gasteiger partial charge < -0.3 is 19.0 Å². The van der Waals surface area contributed by atoms with Crippen molar-refractivity contribution in [3.63, 3.8) is 0 Å². The van der Waals surface area contributed by atoms with E-state index in [-0.39, 0.29) is 12.4 Å². The molecule has 0 saturated heterocycles. The molecule has 0 radical (unpaired) electrons. The van der Waals surface area contributed by atoms with E-state index in [9.17, 15) is 9.18 Å². The molecule has 0 unspecified atom stereocenters. The Hall–Kier alpha value is -3.35. The standard InChI is InChI=1S/C23H24FN3O3.2C2H6/c1-5-27-13-17(16-8-7-15(24)11-19(16)27)14-6-9-18-20(10-14)29-21(26-18)12-25-22(28)30-23(2,3)4;2*1-2/h6-11,13H,5,12H2,1-4H3,(H,25,28);2*1-2H3. The Kier molecular flexibility index (Phi) is 9.24. The molecule has 6 nitrogen and oxygen atoms in total. The minimum absolute atomic E-state index is 0.132. The molecule has 34 heavy (non-hydrogen) atoms. The summed E-state index contributed by atoms with van der Waals surface area (Å²) in [6.07, 6.45) is 1.50. The van der Waals surface area contributed by atoms with Crippen LogP contribution in [0.25, 0.3) is 33.1 Å². The van der Waals surface area contributed by atoms with E-state index < -0.39 is 11.7 Å². The largest absolute Gasteiger partial charge is 0.444 e. The highest BCUT2D eigenvalue weighted by molar-refractivity contribution is 5.97. The first kappa shape index (κ1) is 26.9. The van der Waals surface area contributed by atoms with Crippen LogP contribution < -0.4 is 5.32 Å². The summed E-state index contributed by atoms with van der Waals surface area (Å²) in [5, 5.41) is 3.62. The smallest absolute Gasteiger partial charge is 0.408 e. The summed E-state index contributed by atoms with van der Waals surface area (Å²) in [5.41, 5.74) is 3.55. The predicted octanol–water partition coefficient (Wildman–Crippen LogP) is 7.69. The topological polar surface area (TPSA) is 69.3 Å². The molecular weight excluding hydrogens is 433 g/mol. The second kappa shape index (κ2) is 11.7. The van der Waals surface area contributed by atoms with Gasteiger partial charge in [0.15, 0.2) is 5.58 Å². The van der Waals surface area contributed by atoms with Gasteiger partial charge in [-0.15, -0.1) is 0 Å². The minimum Gasteiger partial charge on any atom is -0.444 e. The molecule has 0 spiro atoms. The fourth-order valence-electron chi connectivity index (χ4n) is 3.43. The van der Waals surface area contributed by atoms with Crippen molar-refractivity contribution in [1.82, 2.24) is 14.9 Å². The number of carbonyl (C=O) groups excluding carboxylic acids is 1. The number of hydrogen-bond acceptors (Lipinski definition) is 4. The molecule has 0 aliphatic heterocycles. The van der Waals surface area contributed by atoms with E-state index in [0.29, 0.717) is 17.0 Å². The van der Waals surface area contributed by atoms with Crippen LogP contribution in [0.5, 0.6) is 0 Å². The molecule has 2 heterocycles. The van der Waals surface area contributed by atoms with Crippen molar-refractivity contribution in [1.29, 1.82) is 0 Å². The lowest BCUT2D eigenvalue weighted by atomic mass is 10.0. The maximum absolute atomic E-state index is 13.7. The number of aromatic nitrogens is 2. The summed E-state index contributed by atoms with van der Waals surface area (Å²) in [5.74, 6) is 0.140. The summed E-state index contributed by atoms with van der Waals surface area (Å²) in [4.78, 5) is 16.3. The third-order valence-electron chi connectivity index (χ3n) is 4.71. The Morgan fingerprint density at radius 3 is 2.47 bits per heavy atom. The molecule has 4 rings (SSSR count). The summed E-state index contributed by atoms with van der Waals surface area (Å²) in [6.45, 7) is 16.3. The third kappa shape index (κ3) is 6.37. The highest BCUT2D eigenvalue weighted by Crippen LogP contribution is 2.33. The van der Waals surface area contributed by atoms with E-state index in [1.54, 1.807) is 32.9 Å². The Morgan fingerprint density at radius 1 is 1.12 bits per heavy atom. The van der Waals surface area contributed by atoms with E-state index in [1.807, 2.05) is 63.6 Å². The number of halogens is 1. The first-order valence-corrected chi connectivity index (χ1v) is 11.9. The Labute approximate surface area is 201 Å². The quantitative estimate of drug-likeness (QED) is 0.333. The molecule has 2 aromatic carbocycles. The number of benzene rings is 2. The van der Waals surface area contributed by atoms with Crippen molar-refractivity contribution < 1.29 is 18.3 Å². The van der Waals surface area contributed by atoms with Gasteiger partial charge in [0.25, 0.3) is 0 Å². The zero-order valence-electron chi connectivity index (χ0n) is 21.5. The summed E-state index contributed by atoms with van der Waals surface area (Å²) < 4.78 is 26.8. The number of nitrogens with one attached hydrogen (secondary N) is 1. The molecular formula is C27H36FN3O3. The highest BCUT2D eigenvalue weighted by atomic mass is 19.1. The second-order valence-corrected chi connectivity index (χ2v) is 8.14. The lowest BCUT2D eigenvalue weighted by Gasteiger charge is -2.19. The SMILES string of the molecule is CC.CC.CCn1cc(-c2ccc3nc(CNC(=O)OC(C)(C)C)oc3c2)c2ccc(F)cc21. The molecule has 7 heteroatoms. The maximum Gasteiger partial charge on any atom is 0.408 e. The molecule has 1 N–H and O–H groups in total.